The van der Waals surface area contributed by atoms with E-state index in [0.29, 0.717) is 11.3 Å². The highest BCUT2D eigenvalue weighted by Crippen LogP contribution is 2.36. The van der Waals surface area contributed by atoms with Crippen LogP contribution >= 0.6 is 27.7 Å². The zero-order valence-electron chi connectivity index (χ0n) is 8.66. The van der Waals surface area contributed by atoms with Crippen molar-refractivity contribution in [3.63, 3.8) is 0 Å². The molecule has 1 aromatic carbocycles. The van der Waals surface area contributed by atoms with Crippen LogP contribution in [0.1, 0.15) is 25.7 Å². The van der Waals surface area contributed by atoms with Gasteiger partial charge in [-0.2, -0.15) is 0 Å². The van der Waals surface area contributed by atoms with Gasteiger partial charge in [-0.15, -0.1) is 11.8 Å². The fraction of sp³-hybridized carbons (Fsp3) is 0.500. The maximum Gasteiger partial charge on any atom is 0.0311 e. The lowest BCUT2D eigenvalue weighted by atomic mass is 9.96. The van der Waals surface area contributed by atoms with E-state index in [0.717, 1.165) is 0 Å². The van der Waals surface area contributed by atoms with Crippen LogP contribution in [-0.2, 0) is 0 Å². The van der Waals surface area contributed by atoms with Gasteiger partial charge in [0.05, 0.1) is 0 Å². The van der Waals surface area contributed by atoms with Crippen molar-refractivity contribution >= 4 is 27.7 Å². The Labute approximate surface area is 104 Å². The lowest BCUT2D eigenvalue weighted by molar-refractivity contribution is 0.453. The molecule has 0 bridgehead atoms. The molecule has 1 aliphatic carbocycles. The summed E-state index contributed by atoms with van der Waals surface area (Å²) in [7, 11) is 0. The topological polar surface area (TPSA) is 26.0 Å². The lowest BCUT2D eigenvalue weighted by Crippen LogP contribution is -2.35. The summed E-state index contributed by atoms with van der Waals surface area (Å²) in [6, 6.07) is 8.76. The molecular formula is C12H16BrNS. The van der Waals surface area contributed by atoms with Crippen LogP contribution in [0.3, 0.4) is 0 Å². The summed E-state index contributed by atoms with van der Waals surface area (Å²) in [6.45, 7) is 0. The second kappa shape index (κ2) is 5.37. The van der Waals surface area contributed by atoms with Crippen LogP contribution in [-0.4, -0.2) is 11.3 Å². The molecular weight excluding hydrogens is 270 g/mol. The average molecular weight is 286 g/mol. The summed E-state index contributed by atoms with van der Waals surface area (Å²) in [6.07, 6.45) is 5.07. The fourth-order valence-electron chi connectivity index (χ4n) is 1.98. The van der Waals surface area contributed by atoms with E-state index in [-0.39, 0.29) is 0 Å². The normalized spacial score (nSPS) is 26.5. The minimum absolute atomic E-state index is 0.371. The molecule has 2 atom stereocenters. The van der Waals surface area contributed by atoms with E-state index in [2.05, 4.69) is 40.2 Å². The largest absolute Gasteiger partial charge is 0.327 e. The molecule has 82 valence electrons. The first-order chi connectivity index (χ1) is 7.27. The van der Waals surface area contributed by atoms with Crippen molar-refractivity contribution < 1.29 is 0 Å². The van der Waals surface area contributed by atoms with Gasteiger partial charge in [-0.1, -0.05) is 25.0 Å². The van der Waals surface area contributed by atoms with Crippen molar-refractivity contribution in [2.24, 2.45) is 5.73 Å². The molecule has 0 spiro atoms. The van der Waals surface area contributed by atoms with Gasteiger partial charge >= 0.3 is 0 Å². The Morgan fingerprint density at radius 1 is 1.20 bits per heavy atom. The Bertz CT molecular complexity index is 329. The van der Waals surface area contributed by atoms with E-state index in [4.69, 9.17) is 5.73 Å². The number of rotatable bonds is 2. The zero-order chi connectivity index (χ0) is 10.7. The SMILES string of the molecule is NC1CCCCC1Sc1ccccc1Br. The number of nitrogens with two attached hydrogens (primary N) is 1. The molecule has 2 unspecified atom stereocenters. The van der Waals surface area contributed by atoms with Gasteiger partial charge in [-0.25, -0.2) is 0 Å². The molecule has 0 radical (unpaired) electrons. The number of thioether (sulfide) groups is 1. The Morgan fingerprint density at radius 3 is 2.67 bits per heavy atom. The van der Waals surface area contributed by atoms with Gasteiger partial charge in [-0.3, -0.25) is 0 Å². The van der Waals surface area contributed by atoms with E-state index in [9.17, 15) is 0 Å². The average Bonchev–Trinajstić information content (AvgIpc) is 2.24. The van der Waals surface area contributed by atoms with Crippen LogP contribution in [0.15, 0.2) is 33.6 Å². The highest BCUT2D eigenvalue weighted by molar-refractivity contribution is 9.10. The maximum atomic E-state index is 6.14. The van der Waals surface area contributed by atoms with E-state index in [1.54, 1.807) is 0 Å². The Kier molecular flexibility index (Phi) is 4.12. The molecule has 1 nitrogen and oxygen atoms in total. The third-order valence-electron chi connectivity index (χ3n) is 2.87. The third-order valence-corrected chi connectivity index (χ3v) is 5.32. The summed E-state index contributed by atoms with van der Waals surface area (Å²) >= 11 is 5.51. The number of benzene rings is 1. The Morgan fingerprint density at radius 2 is 1.93 bits per heavy atom. The zero-order valence-corrected chi connectivity index (χ0v) is 11.1. The molecule has 3 heteroatoms. The molecule has 0 aromatic heterocycles. The maximum absolute atomic E-state index is 6.14. The molecule has 0 aliphatic heterocycles. The van der Waals surface area contributed by atoms with Crippen molar-refractivity contribution in [3.8, 4) is 0 Å². The molecule has 0 amide bonds. The lowest BCUT2D eigenvalue weighted by Gasteiger charge is -2.28. The molecule has 1 aliphatic rings. The monoisotopic (exact) mass is 285 g/mol. The summed E-state index contributed by atoms with van der Waals surface area (Å²) in [5.74, 6) is 0. The first kappa shape index (κ1) is 11.5. The molecule has 2 N–H and O–H groups in total. The van der Waals surface area contributed by atoms with Crippen LogP contribution in [0.5, 0.6) is 0 Å². The van der Waals surface area contributed by atoms with Crippen LogP contribution < -0.4 is 5.73 Å². The standard InChI is InChI=1S/C12H16BrNS/c13-9-5-1-3-7-11(9)15-12-8-4-2-6-10(12)14/h1,3,5,7,10,12H,2,4,6,8,14H2. The Balaban J connectivity index is 2.04. The molecule has 2 rings (SSSR count). The predicted molar refractivity (Wildman–Crippen MR) is 70.2 cm³/mol. The summed E-state index contributed by atoms with van der Waals surface area (Å²) in [5, 5.41) is 0.595. The van der Waals surface area contributed by atoms with Gasteiger partial charge < -0.3 is 5.73 Å². The van der Waals surface area contributed by atoms with Gasteiger partial charge in [0.2, 0.25) is 0 Å². The highest BCUT2D eigenvalue weighted by atomic mass is 79.9. The van der Waals surface area contributed by atoms with Crippen LogP contribution in [0, 0.1) is 0 Å². The quantitative estimate of drug-likeness (QED) is 0.894. The third kappa shape index (κ3) is 2.99. The van der Waals surface area contributed by atoms with Gasteiger partial charge in [0.25, 0.3) is 0 Å². The Hall–Kier alpha value is 0.01000. The van der Waals surface area contributed by atoms with Gasteiger partial charge in [0, 0.05) is 20.7 Å². The van der Waals surface area contributed by atoms with Crippen LogP contribution in [0.25, 0.3) is 0 Å². The first-order valence-electron chi connectivity index (χ1n) is 5.44. The van der Waals surface area contributed by atoms with Crippen molar-refractivity contribution in [2.45, 2.75) is 41.9 Å². The minimum atomic E-state index is 0.371. The van der Waals surface area contributed by atoms with E-state index in [1.165, 1.54) is 35.1 Å². The van der Waals surface area contributed by atoms with Gasteiger partial charge in [0.15, 0.2) is 0 Å². The summed E-state index contributed by atoms with van der Waals surface area (Å²) < 4.78 is 1.19. The molecule has 15 heavy (non-hydrogen) atoms. The summed E-state index contributed by atoms with van der Waals surface area (Å²) in [5.41, 5.74) is 6.14. The van der Waals surface area contributed by atoms with Crippen molar-refractivity contribution in [1.82, 2.24) is 0 Å². The molecule has 0 heterocycles. The second-order valence-electron chi connectivity index (χ2n) is 4.04. The minimum Gasteiger partial charge on any atom is -0.327 e. The molecule has 1 fully saturated rings. The van der Waals surface area contributed by atoms with Crippen molar-refractivity contribution in [1.29, 1.82) is 0 Å². The van der Waals surface area contributed by atoms with E-state index < -0.39 is 0 Å². The van der Waals surface area contributed by atoms with E-state index in [1.807, 2.05) is 11.8 Å². The molecule has 1 saturated carbocycles. The van der Waals surface area contributed by atoms with Gasteiger partial charge in [0.1, 0.15) is 0 Å². The number of halogens is 1. The smallest absolute Gasteiger partial charge is 0.0311 e. The summed E-state index contributed by atoms with van der Waals surface area (Å²) in [4.78, 5) is 1.32. The molecule has 0 saturated heterocycles. The van der Waals surface area contributed by atoms with Crippen molar-refractivity contribution in [2.75, 3.05) is 0 Å². The van der Waals surface area contributed by atoms with E-state index >= 15 is 0 Å². The van der Waals surface area contributed by atoms with Crippen molar-refractivity contribution in [3.05, 3.63) is 28.7 Å². The predicted octanol–water partition coefficient (Wildman–Crippen LogP) is 3.81. The first-order valence-corrected chi connectivity index (χ1v) is 7.11. The fourth-order valence-corrected chi connectivity index (χ4v) is 3.80. The van der Waals surface area contributed by atoms with Crippen LogP contribution in [0.2, 0.25) is 0 Å². The molecule has 1 aromatic rings. The number of hydrogen-bond acceptors (Lipinski definition) is 2. The number of hydrogen-bond donors (Lipinski definition) is 1. The van der Waals surface area contributed by atoms with Gasteiger partial charge in [-0.05, 0) is 40.9 Å². The second-order valence-corrected chi connectivity index (χ2v) is 6.17. The highest BCUT2D eigenvalue weighted by Gasteiger charge is 2.23. The van der Waals surface area contributed by atoms with Crippen LogP contribution in [0.4, 0.5) is 0 Å².